The van der Waals surface area contributed by atoms with Gasteiger partial charge in [0, 0.05) is 17.6 Å². The molecule has 0 radical (unpaired) electrons. The second-order valence-corrected chi connectivity index (χ2v) is 6.38. The molecular weight excluding hydrogens is 278 g/mol. The second-order valence-electron chi connectivity index (χ2n) is 4.58. The summed E-state index contributed by atoms with van der Waals surface area (Å²) in [6, 6.07) is 12.0. The number of hydrogen-bond donors (Lipinski definition) is 1. The first-order chi connectivity index (χ1) is 9.10. The minimum Gasteiger partial charge on any atom is -0.388 e. The van der Waals surface area contributed by atoms with Gasteiger partial charge in [0.05, 0.1) is 17.0 Å². The molecule has 2 rings (SSSR count). The number of benzene rings is 1. The van der Waals surface area contributed by atoms with Crippen molar-refractivity contribution < 1.29 is 5.11 Å². The Labute approximate surface area is 123 Å². The summed E-state index contributed by atoms with van der Waals surface area (Å²) in [5.74, 6) is 0. The fourth-order valence-corrected chi connectivity index (χ4v) is 3.09. The molecule has 0 amide bonds. The van der Waals surface area contributed by atoms with Crippen LogP contribution in [0.4, 0.5) is 5.69 Å². The Kier molecular flexibility index (Phi) is 4.86. The molecule has 0 saturated heterocycles. The summed E-state index contributed by atoms with van der Waals surface area (Å²) in [6.07, 6.45) is 0.374. The third-order valence-electron chi connectivity index (χ3n) is 3.13. The molecule has 0 aliphatic carbocycles. The van der Waals surface area contributed by atoms with Gasteiger partial charge in [-0.05, 0) is 36.2 Å². The molecule has 1 heterocycles. The number of halogens is 1. The number of hydrogen-bond acceptors (Lipinski definition) is 3. The van der Waals surface area contributed by atoms with E-state index in [0.29, 0.717) is 0 Å². The SMILES string of the molecule is CC[C@@H](O)c1ccc(N(C)Cc2ccc(Cl)s2)cc1. The molecule has 0 unspecified atom stereocenters. The van der Waals surface area contributed by atoms with E-state index in [2.05, 4.69) is 18.0 Å². The van der Waals surface area contributed by atoms with Crippen molar-refractivity contribution in [3.8, 4) is 0 Å². The van der Waals surface area contributed by atoms with Crippen molar-refractivity contribution in [2.45, 2.75) is 26.0 Å². The Morgan fingerprint density at radius 2 is 1.89 bits per heavy atom. The Hall–Kier alpha value is -1.03. The average molecular weight is 296 g/mol. The lowest BCUT2D eigenvalue weighted by molar-refractivity contribution is 0.173. The first-order valence-corrected chi connectivity index (χ1v) is 7.53. The summed E-state index contributed by atoms with van der Waals surface area (Å²) in [4.78, 5) is 3.41. The van der Waals surface area contributed by atoms with Crippen molar-refractivity contribution in [3.05, 3.63) is 51.2 Å². The van der Waals surface area contributed by atoms with Crippen LogP contribution in [0.5, 0.6) is 0 Å². The monoisotopic (exact) mass is 295 g/mol. The maximum atomic E-state index is 9.77. The summed E-state index contributed by atoms with van der Waals surface area (Å²) in [5.41, 5.74) is 2.11. The largest absolute Gasteiger partial charge is 0.388 e. The van der Waals surface area contributed by atoms with Crippen LogP contribution in [-0.4, -0.2) is 12.2 Å². The molecule has 1 aromatic heterocycles. The van der Waals surface area contributed by atoms with E-state index in [-0.39, 0.29) is 6.10 Å². The third kappa shape index (κ3) is 3.72. The molecule has 0 saturated carbocycles. The van der Waals surface area contributed by atoms with Gasteiger partial charge in [-0.3, -0.25) is 0 Å². The molecule has 0 aliphatic rings. The van der Waals surface area contributed by atoms with E-state index in [4.69, 9.17) is 11.6 Å². The molecule has 1 aromatic carbocycles. The maximum Gasteiger partial charge on any atom is 0.0931 e. The number of aliphatic hydroxyl groups is 1. The highest BCUT2D eigenvalue weighted by Gasteiger charge is 2.07. The van der Waals surface area contributed by atoms with Crippen molar-refractivity contribution >= 4 is 28.6 Å². The van der Waals surface area contributed by atoms with E-state index in [9.17, 15) is 5.11 Å². The lowest BCUT2D eigenvalue weighted by Gasteiger charge is -2.19. The molecule has 2 aromatic rings. The quantitative estimate of drug-likeness (QED) is 0.879. The van der Waals surface area contributed by atoms with Gasteiger partial charge >= 0.3 is 0 Å². The minimum absolute atomic E-state index is 0.365. The zero-order valence-corrected chi connectivity index (χ0v) is 12.7. The lowest BCUT2D eigenvalue weighted by atomic mass is 10.1. The van der Waals surface area contributed by atoms with Crippen LogP contribution in [0.25, 0.3) is 0 Å². The number of rotatable bonds is 5. The van der Waals surface area contributed by atoms with Gasteiger partial charge < -0.3 is 10.0 Å². The Morgan fingerprint density at radius 1 is 1.21 bits per heavy atom. The molecule has 1 N–H and O–H groups in total. The first-order valence-electron chi connectivity index (χ1n) is 6.33. The summed E-state index contributed by atoms with van der Waals surface area (Å²) in [5, 5.41) is 9.77. The zero-order valence-electron chi connectivity index (χ0n) is 11.1. The van der Waals surface area contributed by atoms with E-state index < -0.39 is 0 Å². The Morgan fingerprint density at radius 3 is 2.42 bits per heavy atom. The highest BCUT2D eigenvalue weighted by Crippen LogP contribution is 2.25. The predicted octanol–water partition coefficient (Wildman–Crippen LogP) is 4.48. The van der Waals surface area contributed by atoms with Crippen LogP contribution in [0.1, 0.15) is 29.9 Å². The second kappa shape index (κ2) is 6.42. The van der Waals surface area contributed by atoms with Crippen molar-refractivity contribution in [1.29, 1.82) is 0 Å². The summed E-state index contributed by atoms with van der Waals surface area (Å²) in [6.45, 7) is 2.82. The summed E-state index contributed by atoms with van der Waals surface area (Å²) in [7, 11) is 2.05. The van der Waals surface area contributed by atoms with Gasteiger partial charge in [0.15, 0.2) is 0 Å². The predicted molar refractivity (Wildman–Crippen MR) is 83.1 cm³/mol. The highest BCUT2D eigenvalue weighted by molar-refractivity contribution is 7.16. The van der Waals surface area contributed by atoms with Crippen LogP contribution in [0.2, 0.25) is 4.34 Å². The number of anilines is 1. The highest BCUT2D eigenvalue weighted by atomic mass is 35.5. The molecule has 0 aliphatic heterocycles. The number of nitrogens with zero attached hydrogens (tertiary/aromatic N) is 1. The Bertz CT molecular complexity index is 523. The maximum absolute atomic E-state index is 9.77. The zero-order chi connectivity index (χ0) is 13.8. The summed E-state index contributed by atoms with van der Waals surface area (Å²) < 4.78 is 0.824. The van der Waals surface area contributed by atoms with Gasteiger partial charge in [-0.2, -0.15) is 0 Å². The van der Waals surface area contributed by atoms with Gasteiger partial charge in [0.1, 0.15) is 0 Å². The Balaban J connectivity index is 2.05. The average Bonchev–Trinajstić information content (AvgIpc) is 2.83. The van der Waals surface area contributed by atoms with Crippen molar-refractivity contribution in [2.24, 2.45) is 0 Å². The fourth-order valence-electron chi connectivity index (χ4n) is 1.95. The number of thiophene rings is 1. The third-order valence-corrected chi connectivity index (χ3v) is 4.34. The summed E-state index contributed by atoms with van der Waals surface area (Å²) >= 11 is 7.54. The van der Waals surface area contributed by atoms with Crippen LogP contribution >= 0.6 is 22.9 Å². The van der Waals surface area contributed by atoms with E-state index in [0.717, 1.165) is 28.6 Å². The molecule has 19 heavy (non-hydrogen) atoms. The lowest BCUT2D eigenvalue weighted by Crippen LogP contribution is -2.15. The van der Waals surface area contributed by atoms with Gasteiger partial charge in [-0.15, -0.1) is 11.3 Å². The van der Waals surface area contributed by atoms with E-state index in [1.165, 1.54) is 4.88 Å². The van der Waals surface area contributed by atoms with Crippen LogP contribution in [-0.2, 0) is 6.54 Å². The molecule has 102 valence electrons. The smallest absolute Gasteiger partial charge is 0.0931 e. The normalized spacial score (nSPS) is 12.4. The van der Waals surface area contributed by atoms with Crippen molar-refractivity contribution in [1.82, 2.24) is 0 Å². The van der Waals surface area contributed by atoms with E-state index in [1.54, 1.807) is 11.3 Å². The van der Waals surface area contributed by atoms with E-state index >= 15 is 0 Å². The molecule has 0 spiro atoms. The van der Waals surface area contributed by atoms with Crippen LogP contribution in [0, 0.1) is 0 Å². The van der Waals surface area contributed by atoms with Crippen molar-refractivity contribution in [3.63, 3.8) is 0 Å². The standard InChI is InChI=1S/C15H18ClNOS/c1-3-14(18)11-4-6-12(7-5-11)17(2)10-13-8-9-15(16)19-13/h4-9,14,18H,3,10H2,1-2H3/t14-/m1/s1. The topological polar surface area (TPSA) is 23.5 Å². The molecule has 2 nitrogen and oxygen atoms in total. The number of aliphatic hydroxyl groups excluding tert-OH is 1. The van der Waals surface area contributed by atoms with Crippen LogP contribution in [0.3, 0.4) is 0 Å². The molecule has 4 heteroatoms. The van der Waals surface area contributed by atoms with Gasteiger partial charge in [-0.25, -0.2) is 0 Å². The molecule has 1 atom stereocenters. The molecule has 0 fully saturated rings. The van der Waals surface area contributed by atoms with Crippen LogP contribution < -0.4 is 4.90 Å². The first kappa shape index (κ1) is 14.4. The van der Waals surface area contributed by atoms with Gasteiger partial charge in [-0.1, -0.05) is 30.7 Å². The fraction of sp³-hybridized carbons (Fsp3) is 0.333. The minimum atomic E-state index is -0.365. The van der Waals surface area contributed by atoms with E-state index in [1.807, 2.05) is 37.3 Å². The van der Waals surface area contributed by atoms with Gasteiger partial charge in [0.25, 0.3) is 0 Å². The molecule has 0 bridgehead atoms. The van der Waals surface area contributed by atoms with Crippen LogP contribution in [0.15, 0.2) is 36.4 Å². The van der Waals surface area contributed by atoms with Crippen molar-refractivity contribution in [2.75, 3.05) is 11.9 Å². The van der Waals surface area contributed by atoms with Gasteiger partial charge in [0.2, 0.25) is 0 Å². The molecular formula is C15H18ClNOS.